The van der Waals surface area contributed by atoms with Gasteiger partial charge >= 0.3 is 0 Å². The molecule has 3 aliphatic rings. The quantitative estimate of drug-likeness (QED) is 0.766. The molecule has 2 nitrogen and oxygen atoms in total. The summed E-state index contributed by atoms with van der Waals surface area (Å²) in [5, 5.41) is 0. The molecule has 1 saturated heterocycles. The van der Waals surface area contributed by atoms with Crippen LogP contribution >= 0.6 is 0 Å². The number of fused-ring (bicyclic) bond motifs is 4. The van der Waals surface area contributed by atoms with Gasteiger partial charge in [0.15, 0.2) is 0 Å². The van der Waals surface area contributed by atoms with E-state index in [0.717, 1.165) is 44.2 Å². The molecule has 1 aromatic carbocycles. The number of benzene rings is 1. The summed E-state index contributed by atoms with van der Waals surface area (Å²) in [4.78, 5) is 2.71. The fraction of sp³-hybridized carbons (Fsp3) is 0.647. The molecule has 0 amide bonds. The second-order valence-electron chi connectivity index (χ2n) is 6.26. The standard InChI is InChI=1S/C17H23NO/c1-2-6-14-13(5-1)15-7-3-4-8-16(17(14)15)18-9-11-19-12-10-18/h1-2,5-6,15-17H,3-4,7-12H2. The van der Waals surface area contributed by atoms with Crippen LogP contribution in [0.4, 0.5) is 0 Å². The van der Waals surface area contributed by atoms with E-state index in [9.17, 15) is 0 Å². The number of ether oxygens (including phenoxy) is 1. The second-order valence-corrected chi connectivity index (χ2v) is 6.26. The van der Waals surface area contributed by atoms with Gasteiger partial charge in [0.2, 0.25) is 0 Å². The molecule has 3 atom stereocenters. The minimum absolute atomic E-state index is 0.770. The van der Waals surface area contributed by atoms with Crippen molar-refractivity contribution in [3.05, 3.63) is 35.4 Å². The van der Waals surface area contributed by atoms with Gasteiger partial charge < -0.3 is 4.74 Å². The highest BCUT2D eigenvalue weighted by Gasteiger charge is 2.44. The fourth-order valence-corrected chi connectivity index (χ4v) is 4.49. The van der Waals surface area contributed by atoms with E-state index >= 15 is 0 Å². The van der Waals surface area contributed by atoms with Gasteiger partial charge in [0.25, 0.3) is 0 Å². The van der Waals surface area contributed by atoms with Crippen LogP contribution in [0, 0.1) is 0 Å². The normalized spacial score (nSPS) is 34.8. The van der Waals surface area contributed by atoms with Crippen LogP contribution in [0.1, 0.15) is 48.6 Å². The molecule has 1 saturated carbocycles. The van der Waals surface area contributed by atoms with Crippen molar-refractivity contribution in [2.45, 2.75) is 43.6 Å². The number of rotatable bonds is 1. The third kappa shape index (κ3) is 1.93. The Bertz CT molecular complexity index is 452. The molecule has 19 heavy (non-hydrogen) atoms. The van der Waals surface area contributed by atoms with Gasteiger partial charge in [-0.15, -0.1) is 0 Å². The maximum Gasteiger partial charge on any atom is 0.0594 e. The van der Waals surface area contributed by atoms with Crippen LogP contribution in [-0.4, -0.2) is 37.2 Å². The fourth-order valence-electron chi connectivity index (χ4n) is 4.49. The maximum absolute atomic E-state index is 5.53. The van der Waals surface area contributed by atoms with Crippen molar-refractivity contribution >= 4 is 0 Å². The highest BCUT2D eigenvalue weighted by Crippen LogP contribution is 2.54. The number of hydrogen-bond donors (Lipinski definition) is 0. The molecule has 1 aromatic rings. The Hall–Kier alpha value is -0.860. The molecule has 0 N–H and O–H groups in total. The summed E-state index contributed by atoms with van der Waals surface area (Å²) in [6.07, 6.45) is 5.61. The van der Waals surface area contributed by atoms with Gasteiger partial charge in [-0.3, -0.25) is 4.90 Å². The first-order valence-electron chi connectivity index (χ1n) is 7.86. The maximum atomic E-state index is 5.53. The van der Waals surface area contributed by atoms with Crippen molar-refractivity contribution < 1.29 is 4.74 Å². The zero-order valence-corrected chi connectivity index (χ0v) is 11.6. The van der Waals surface area contributed by atoms with Crippen molar-refractivity contribution in [2.24, 2.45) is 0 Å². The van der Waals surface area contributed by atoms with Crippen molar-refractivity contribution in [1.29, 1.82) is 0 Å². The number of morpholine rings is 1. The van der Waals surface area contributed by atoms with Crippen molar-refractivity contribution in [3.63, 3.8) is 0 Å². The summed E-state index contributed by atoms with van der Waals surface area (Å²) in [7, 11) is 0. The van der Waals surface area contributed by atoms with Crippen LogP contribution in [0.5, 0.6) is 0 Å². The zero-order chi connectivity index (χ0) is 12.7. The molecular weight excluding hydrogens is 234 g/mol. The molecule has 2 fully saturated rings. The lowest BCUT2D eigenvalue weighted by molar-refractivity contribution is 0.00518. The molecule has 0 aromatic heterocycles. The van der Waals surface area contributed by atoms with Crippen LogP contribution in [0.2, 0.25) is 0 Å². The van der Waals surface area contributed by atoms with Gasteiger partial charge in [-0.1, -0.05) is 37.1 Å². The lowest BCUT2D eigenvalue weighted by Gasteiger charge is -2.47. The molecule has 2 aliphatic carbocycles. The SMILES string of the molecule is c1ccc2c(c1)C1CCCCC(N3CCOCC3)C21. The van der Waals surface area contributed by atoms with Crippen LogP contribution in [0.15, 0.2) is 24.3 Å². The van der Waals surface area contributed by atoms with E-state index in [0.29, 0.717) is 0 Å². The topological polar surface area (TPSA) is 12.5 Å². The van der Waals surface area contributed by atoms with E-state index in [1.807, 2.05) is 0 Å². The zero-order valence-electron chi connectivity index (χ0n) is 11.6. The number of nitrogens with zero attached hydrogens (tertiary/aromatic N) is 1. The Morgan fingerprint density at radius 1 is 0.947 bits per heavy atom. The van der Waals surface area contributed by atoms with E-state index in [-0.39, 0.29) is 0 Å². The van der Waals surface area contributed by atoms with Gasteiger partial charge in [-0.2, -0.15) is 0 Å². The molecular formula is C17H23NO. The first-order valence-corrected chi connectivity index (χ1v) is 7.86. The first kappa shape index (κ1) is 11.9. The Labute approximate surface area is 115 Å². The molecule has 102 valence electrons. The highest BCUT2D eigenvalue weighted by molar-refractivity contribution is 5.46. The van der Waals surface area contributed by atoms with Gasteiger partial charge in [-0.05, 0) is 29.9 Å². The van der Waals surface area contributed by atoms with Crippen LogP contribution in [0.3, 0.4) is 0 Å². The van der Waals surface area contributed by atoms with Crippen molar-refractivity contribution in [1.82, 2.24) is 4.90 Å². The molecule has 4 rings (SSSR count). The average molecular weight is 257 g/mol. The van der Waals surface area contributed by atoms with Crippen molar-refractivity contribution in [3.8, 4) is 0 Å². The summed E-state index contributed by atoms with van der Waals surface area (Å²) in [6, 6.07) is 9.93. The smallest absolute Gasteiger partial charge is 0.0594 e. The average Bonchev–Trinajstić information content (AvgIpc) is 2.65. The molecule has 1 aliphatic heterocycles. The van der Waals surface area contributed by atoms with E-state index in [4.69, 9.17) is 4.74 Å². The van der Waals surface area contributed by atoms with E-state index < -0.39 is 0 Å². The van der Waals surface area contributed by atoms with Crippen LogP contribution in [-0.2, 0) is 4.74 Å². The molecule has 0 spiro atoms. The van der Waals surface area contributed by atoms with E-state index in [1.165, 1.54) is 25.7 Å². The first-order chi connectivity index (χ1) is 9.45. The lowest BCUT2D eigenvalue weighted by atomic mass is 9.63. The van der Waals surface area contributed by atoms with Crippen molar-refractivity contribution in [2.75, 3.05) is 26.3 Å². The predicted molar refractivity (Wildman–Crippen MR) is 76.6 cm³/mol. The Morgan fingerprint density at radius 2 is 1.68 bits per heavy atom. The highest BCUT2D eigenvalue weighted by atomic mass is 16.5. The lowest BCUT2D eigenvalue weighted by Crippen LogP contribution is -2.49. The largest absolute Gasteiger partial charge is 0.379 e. The number of hydrogen-bond acceptors (Lipinski definition) is 2. The molecule has 2 heteroatoms. The third-order valence-corrected chi connectivity index (χ3v) is 5.38. The molecule has 0 bridgehead atoms. The minimum atomic E-state index is 0.770. The summed E-state index contributed by atoms with van der Waals surface area (Å²) in [6.45, 7) is 4.12. The van der Waals surface area contributed by atoms with Gasteiger partial charge in [0.05, 0.1) is 13.2 Å². The predicted octanol–water partition coefficient (Wildman–Crippen LogP) is 3.14. The molecule has 0 radical (unpaired) electrons. The summed E-state index contributed by atoms with van der Waals surface area (Å²) in [5.74, 6) is 1.64. The molecule has 3 unspecified atom stereocenters. The second kappa shape index (κ2) is 4.92. The van der Waals surface area contributed by atoms with Crippen LogP contribution in [0.25, 0.3) is 0 Å². The van der Waals surface area contributed by atoms with E-state index in [2.05, 4.69) is 29.2 Å². The summed E-state index contributed by atoms with van der Waals surface area (Å²) >= 11 is 0. The van der Waals surface area contributed by atoms with Gasteiger partial charge in [0, 0.05) is 25.0 Å². The Morgan fingerprint density at radius 3 is 2.53 bits per heavy atom. The minimum Gasteiger partial charge on any atom is -0.379 e. The van der Waals surface area contributed by atoms with Gasteiger partial charge in [0.1, 0.15) is 0 Å². The Kier molecular flexibility index (Phi) is 3.08. The van der Waals surface area contributed by atoms with Crippen LogP contribution < -0.4 is 0 Å². The van der Waals surface area contributed by atoms with E-state index in [1.54, 1.807) is 11.1 Å². The third-order valence-electron chi connectivity index (χ3n) is 5.38. The molecule has 1 heterocycles. The monoisotopic (exact) mass is 257 g/mol. The van der Waals surface area contributed by atoms with Gasteiger partial charge in [-0.25, -0.2) is 0 Å². The summed E-state index contributed by atoms with van der Waals surface area (Å²) < 4.78 is 5.53. The summed E-state index contributed by atoms with van der Waals surface area (Å²) in [5.41, 5.74) is 3.29. The Balaban J connectivity index is 1.64.